The molecule has 1 N–H and O–H groups in total. The summed E-state index contributed by atoms with van der Waals surface area (Å²) >= 11 is 0. The van der Waals surface area contributed by atoms with Gasteiger partial charge in [0.05, 0.1) is 0 Å². The number of rotatable bonds is 3. The number of benzene rings is 2. The fourth-order valence-corrected chi connectivity index (χ4v) is 2.68. The molecule has 2 rings (SSSR count). The number of carbonyl (C=O) groups is 2. The average molecular weight is 310 g/mol. The highest BCUT2D eigenvalue weighted by atomic mass is 16.2. The van der Waals surface area contributed by atoms with Gasteiger partial charge in [0.2, 0.25) is 5.91 Å². The summed E-state index contributed by atoms with van der Waals surface area (Å²) in [5.41, 5.74) is 5.28. The zero-order valence-electron chi connectivity index (χ0n) is 14.2. The van der Waals surface area contributed by atoms with E-state index in [0.29, 0.717) is 11.3 Å². The first-order valence-corrected chi connectivity index (χ1v) is 7.53. The van der Waals surface area contributed by atoms with Crippen molar-refractivity contribution in [3.8, 4) is 0 Å². The minimum atomic E-state index is -0.118. The van der Waals surface area contributed by atoms with Crippen LogP contribution in [0.5, 0.6) is 0 Å². The summed E-state index contributed by atoms with van der Waals surface area (Å²) in [7, 11) is 1.72. The van der Waals surface area contributed by atoms with Gasteiger partial charge < -0.3 is 10.2 Å². The Bertz CT molecular complexity index is 725. The largest absolute Gasteiger partial charge is 0.322 e. The van der Waals surface area contributed by atoms with Crippen LogP contribution >= 0.6 is 0 Å². The monoisotopic (exact) mass is 310 g/mol. The van der Waals surface area contributed by atoms with Crippen LogP contribution in [0.25, 0.3) is 0 Å². The third-order valence-electron chi connectivity index (χ3n) is 3.89. The fraction of sp³-hybridized carbons (Fsp3) is 0.263. The van der Waals surface area contributed by atoms with E-state index < -0.39 is 0 Å². The zero-order valence-corrected chi connectivity index (χ0v) is 14.2. The van der Waals surface area contributed by atoms with Crippen LogP contribution in [-0.4, -0.2) is 18.9 Å². The second-order valence-electron chi connectivity index (χ2n) is 5.85. The molecule has 0 aromatic heterocycles. The van der Waals surface area contributed by atoms with E-state index in [-0.39, 0.29) is 11.8 Å². The molecule has 0 spiro atoms. The quantitative estimate of drug-likeness (QED) is 0.936. The van der Waals surface area contributed by atoms with E-state index in [1.165, 1.54) is 6.92 Å². The van der Waals surface area contributed by atoms with Gasteiger partial charge in [-0.1, -0.05) is 17.7 Å². The maximum absolute atomic E-state index is 12.5. The molecule has 2 aromatic rings. The van der Waals surface area contributed by atoms with Gasteiger partial charge >= 0.3 is 0 Å². The molecule has 0 unspecified atom stereocenters. The van der Waals surface area contributed by atoms with Gasteiger partial charge in [-0.2, -0.15) is 0 Å². The average Bonchev–Trinajstić information content (AvgIpc) is 2.46. The standard InChI is InChI=1S/C19H22N2O2/c1-12-10-13(2)18(14(3)11-12)19(23)20-16-6-8-17(9-7-16)21(5)15(4)22/h6-11H,1-5H3,(H,20,23). The van der Waals surface area contributed by atoms with Crippen LogP contribution in [0, 0.1) is 20.8 Å². The Morgan fingerprint density at radius 2 is 1.48 bits per heavy atom. The van der Waals surface area contributed by atoms with Gasteiger partial charge in [-0.05, 0) is 56.2 Å². The second-order valence-corrected chi connectivity index (χ2v) is 5.85. The summed E-state index contributed by atoms with van der Waals surface area (Å²) in [4.78, 5) is 25.4. The molecule has 23 heavy (non-hydrogen) atoms. The first-order chi connectivity index (χ1) is 10.8. The number of aryl methyl sites for hydroxylation is 3. The number of amides is 2. The van der Waals surface area contributed by atoms with E-state index in [4.69, 9.17) is 0 Å². The smallest absolute Gasteiger partial charge is 0.256 e. The molecule has 120 valence electrons. The van der Waals surface area contributed by atoms with Gasteiger partial charge in [0.15, 0.2) is 0 Å². The van der Waals surface area contributed by atoms with Crippen LogP contribution < -0.4 is 10.2 Å². The van der Waals surface area contributed by atoms with E-state index in [1.807, 2.05) is 45.0 Å². The molecule has 0 saturated heterocycles. The second kappa shape index (κ2) is 6.65. The Hall–Kier alpha value is -2.62. The minimum Gasteiger partial charge on any atom is -0.322 e. The van der Waals surface area contributed by atoms with Crippen molar-refractivity contribution >= 4 is 23.2 Å². The molecule has 0 saturated carbocycles. The number of nitrogens with zero attached hydrogens (tertiary/aromatic N) is 1. The number of nitrogens with one attached hydrogen (secondary N) is 1. The molecule has 0 atom stereocenters. The van der Waals surface area contributed by atoms with Crippen LogP contribution in [0.1, 0.15) is 34.0 Å². The number of hydrogen-bond acceptors (Lipinski definition) is 2. The lowest BCUT2D eigenvalue weighted by atomic mass is 9.99. The lowest BCUT2D eigenvalue weighted by Crippen LogP contribution is -2.22. The van der Waals surface area contributed by atoms with Crippen LogP contribution in [0.15, 0.2) is 36.4 Å². The van der Waals surface area contributed by atoms with Crippen molar-refractivity contribution in [3.63, 3.8) is 0 Å². The maximum atomic E-state index is 12.5. The third kappa shape index (κ3) is 3.77. The molecule has 4 heteroatoms. The van der Waals surface area contributed by atoms with Crippen molar-refractivity contribution in [1.82, 2.24) is 0 Å². The lowest BCUT2D eigenvalue weighted by molar-refractivity contribution is -0.116. The topological polar surface area (TPSA) is 49.4 Å². The third-order valence-corrected chi connectivity index (χ3v) is 3.89. The Kier molecular flexibility index (Phi) is 4.84. The highest BCUT2D eigenvalue weighted by Gasteiger charge is 2.13. The molecule has 2 amide bonds. The summed E-state index contributed by atoms with van der Waals surface area (Å²) in [5, 5.41) is 2.91. The summed E-state index contributed by atoms with van der Waals surface area (Å²) < 4.78 is 0. The Morgan fingerprint density at radius 1 is 0.957 bits per heavy atom. The Labute approximate surface area is 137 Å². The van der Waals surface area contributed by atoms with Gasteiger partial charge in [0.1, 0.15) is 0 Å². The van der Waals surface area contributed by atoms with E-state index in [2.05, 4.69) is 5.32 Å². The van der Waals surface area contributed by atoms with E-state index in [1.54, 1.807) is 24.1 Å². The summed E-state index contributed by atoms with van der Waals surface area (Å²) in [6.45, 7) is 7.42. The summed E-state index contributed by atoms with van der Waals surface area (Å²) in [6, 6.07) is 11.2. The van der Waals surface area contributed by atoms with Crippen molar-refractivity contribution in [2.24, 2.45) is 0 Å². The molecule has 0 heterocycles. The van der Waals surface area contributed by atoms with Crippen molar-refractivity contribution < 1.29 is 9.59 Å². The molecule has 0 aliphatic rings. The van der Waals surface area contributed by atoms with Crippen LogP contribution in [0.4, 0.5) is 11.4 Å². The first-order valence-electron chi connectivity index (χ1n) is 7.53. The number of carbonyl (C=O) groups excluding carboxylic acids is 2. The SMILES string of the molecule is CC(=O)N(C)c1ccc(NC(=O)c2c(C)cc(C)cc2C)cc1. The molecular weight excluding hydrogens is 288 g/mol. The molecule has 4 nitrogen and oxygen atoms in total. The summed E-state index contributed by atoms with van der Waals surface area (Å²) in [5.74, 6) is -0.152. The van der Waals surface area contributed by atoms with Gasteiger partial charge in [0, 0.05) is 30.9 Å². The van der Waals surface area contributed by atoms with Crippen molar-refractivity contribution in [2.45, 2.75) is 27.7 Å². The molecule has 0 aliphatic heterocycles. The minimum absolute atomic E-state index is 0.0345. The molecule has 2 aromatic carbocycles. The maximum Gasteiger partial charge on any atom is 0.256 e. The highest BCUT2D eigenvalue weighted by Crippen LogP contribution is 2.20. The van der Waals surface area contributed by atoms with Crippen LogP contribution in [0.3, 0.4) is 0 Å². The van der Waals surface area contributed by atoms with Gasteiger partial charge in [-0.25, -0.2) is 0 Å². The number of hydrogen-bond donors (Lipinski definition) is 1. The van der Waals surface area contributed by atoms with Crippen LogP contribution in [-0.2, 0) is 4.79 Å². The predicted octanol–water partition coefficient (Wildman–Crippen LogP) is 3.85. The first kappa shape index (κ1) is 16.7. The zero-order chi connectivity index (χ0) is 17.1. The Balaban J connectivity index is 2.20. The van der Waals surface area contributed by atoms with E-state index >= 15 is 0 Å². The molecule has 0 aliphatic carbocycles. The van der Waals surface area contributed by atoms with E-state index in [0.717, 1.165) is 22.4 Å². The van der Waals surface area contributed by atoms with Gasteiger partial charge in [0.25, 0.3) is 5.91 Å². The predicted molar refractivity (Wildman–Crippen MR) is 94.1 cm³/mol. The lowest BCUT2D eigenvalue weighted by Gasteiger charge is -2.16. The van der Waals surface area contributed by atoms with E-state index in [9.17, 15) is 9.59 Å². The summed E-state index contributed by atoms with van der Waals surface area (Å²) in [6.07, 6.45) is 0. The highest BCUT2D eigenvalue weighted by molar-refractivity contribution is 6.06. The molecule has 0 fully saturated rings. The molecule has 0 radical (unpaired) electrons. The van der Waals surface area contributed by atoms with Crippen molar-refractivity contribution in [3.05, 3.63) is 58.7 Å². The van der Waals surface area contributed by atoms with Crippen LogP contribution in [0.2, 0.25) is 0 Å². The molecular formula is C19H22N2O2. The number of anilines is 2. The molecule has 0 bridgehead atoms. The van der Waals surface area contributed by atoms with Gasteiger partial charge in [-0.15, -0.1) is 0 Å². The van der Waals surface area contributed by atoms with Crippen molar-refractivity contribution in [1.29, 1.82) is 0 Å². The van der Waals surface area contributed by atoms with Crippen molar-refractivity contribution in [2.75, 3.05) is 17.3 Å². The Morgan fingerprint density at radius 3 is 1.96 bits per heavy atom. The fourth-order valence-electron chi connectivity index (χ4n) is 2.68. The normalized spacial score (nSPS) is 10.3. The van der Waals surface area contributed by atoms with Gasteiger partial charge in [-0.3, -0.25) is 9.59 Å².